The number of aliphatic hydroxyl groups excluding tert-OH is 1. The van der Waals surface area contributed by atoms with Crippen LogP contribution in [0.5, 0.6) is 0 Å². The Morgan fingerprint density at radius 1 is 1.00 bits per heavy atom. The van der Waals surface area contributed by atoms with Crippen LogP contribution in [0.3, 0.4) is 0 Å². The number of thiophene rings is 1. The first-order valence-corrected chi connectivity index (χ1v) is 6.49. The summed E-state index contributed by atoms with van der Waals surface area (Å²) in [6.45, 7) is 0.294. The molecule has 0 spiro atoms. The summed E-state index contributed by atoms with van der Waals surface area (Å²) in [5.74, 6) is 1.47. The van der Waals surface area contributed by atoms with E-state index >= 15 is 0 Å². The monoisotopic (exact) mass is 230 g/mol. The van der Waals surface area contributed by atoms with Gasteiger partial charge >= 0.3 is 0 Å². The van der Waals surface area contributed by atoms with Gasteiger partial charge in [0.2, 0.25) is 0 Å². The van der Waals surface area contributed by atoms with Gasteiger partial charge in [0.05, 0.1) is 0 Å². The first-order valence-electron chi connectivity index (χ1n) is 5.61. The van der Waals surface area contributed by atoms with Crippen molar-refractivity contribution >= 4 is 11.3 Å². The molecule has 0 saturated heterocycles. The molecule has 2 heteroatoms. The van der Waals surface area contributed by atoms with E-state index in [1.165, 1.54) is 10.4 Å². The summed E-state index contributed by atoms with van der Waals surface area (Å²) in [5.41, 5.74) is 1.36. The molecule has 1 aromatic heterocycles. The van der Waals surface area contributed by atoms with Gasteiger partial charge in [-0.15, -0.1) is 11.3 Å². The molecule has 1 heterocycles. The maximum absolute atomic E-state index is 9.41. The lowest BCUT2D eigenvalue weighted by Gasteiger charge is -1.97. The van der Waals surface area contributed by atoms with Gasteiger partial charge in [-0.25, -0.2) is 0 Å². The van der Waals surface area contributed by atoms with Gasteiger partial charge < -0.3 is 5.11 Å². The van der Waals surface area contributed by atoms with Crippen LogP contribution in [-0.4, -0.2) is 11.7 Å². The van der Waals surface area contributed by atoms with Crippen molar-refractivity contribution in [1.82, 2.24) is 0 Å². The Hall–Kier alpha value is -1.12. The summed E-state index contributed by atoms with van der Waals surface area (Å²) in [6, 6.07) is 14.8. The fraction of sp³-hybridized carbons (Fsp3) is 0.286. The van der Waals surface area contributed by atoms with Crippen molar-refractivity contribution in [3.8, 4) is 0 Å². The molecular weight excluding hydrogens is 216 g/mol. The molecule has 1 N–H and O–H groups in total. The van der Waals surface area contributed by atoms with Crippen LogP contribution in [0.25, 0.3) is 0 Å². The van der Waals surface area contributed by atoms with Crippen molar-refractivity contribution in [2.24, 2.45) is 5.92 Å². The van der Waals surface area contributed by atoms with E-state index in [9.17, 15) is 5.11 Å². The van der Waals surface area contributed by atoms with Gasteiger partial charge in [-0.05, 0) is 28.8 Å². The Labute approximate surface area is 99.4 Å². The predicted molar refractivity (Wildman–Crippen MR) is 66.8 cm³/mol. The van der Waals surface area contributed by atoms with Crippen molar-refractivity contribution in [2.75, 3.05) is 6.61 Å². The van der Waals surface area contributed by atoms with Crippen molar-refractivity contribution in [3.05, 3.63) is 58.3 Å². The molecule has 0 aliphatic heterocycles. The molecule has 1 aliphatic rings. The van der Waals surface area contributed by atoms with E-state index in [0.29, 0.717) is 24.4 Å². The second kappa shape index (κ2) is 4.04. The molecule has 0 unspecified atom stereocenters. The third kappa shape index (κ3) is 1.58. The van der Waals surface area contributed by atoms with Gasteiger partial charge in [0.25, 0.3) is 0 Å². The summed E-state index contributed by atoms with van der Waals surface area (Å²) in [6.07, 6.45) is 0. The highest BCUT2D eigenvalue weighted by Crippen LogP contribution is 2.60. The van der Waals surface area contributed by atoms with Crippen LogP contribution in [-0.2, 0) is 0 Å². The van der Waals surface area contributed by atoms with Gasteiger partial charge in [0, 0.05) is 17.4 Å². The van der Waals surface area contributed by atoms with Crippen LogP contribution in [0.1, 0.15) is 22.3 Å². The number of hydrogen-bond donors (Lipinski definition) is 1. The molecule has 0 radical (unpaired) electrons. The van der Waals surface area contributed by atoms with Crippen LogP contribution < -0.4 is 0 Å². The topological polar surface area (TPSA) is 20.2 Å². The second-order valence-corrected chi connectivity index (χ2v) is 5.30. The lowest BCUT2D eigenvalue weighted by molar-refractivity contribution is 0.271. The number of hydrogen-bond acceptors (Lipinski definition) is 2. The SMILES string of the molecule is OC[C@@H]1[C@H](c2ccccc2)[C@H]1c1cccs1. The molecular formula is C14H14OS. The van der Waals surface area contributed by atoms with Crippen LogP contribution in [0, 0.1) is 5.92 Å². The van der Waals surface area contributed by atoms with Gasteiger partial charge in [-0.2, -0.15) is 0 Å². The number of aliphatic hydroxyl groups is 1. The van der Waals surface area contributed by atoms with E-state index in [-0.39, 0.29) is 0 Å². The van der Waals surface area contributed by atoms with Crippen LogP contribution in [0.15, 0.2) is 47.8 Å². The quantitative estimate of drug-likeness (QED) is 0.858. The van der Waals surface area contributed by atoms with E-state index < -0.39 is 0 Å². The molecule has 3 rings (SSSR count). The molecule has 1 saturated carbocycles. The summed E-state index contributed by atoms with van der Waals surface area (Å²) >= 11 is 1.80. The van der Waals surface area contributed by atoms with Crippen molar-refractivity contribution in [3.63, 3.8) is 0 Å². The third-order valence-corrected chi connectivity index (χ3v) is 4.41. The zero-order valence-corrected chi connectivity index (χ0v) is 9.73. The average Bonchev–Trinajstić information content (AvgIpc) is 2.82. The van der Waals surface area contributed by atoms with E-state index in [0.717, 1.165) is 0 Å². The predicted octanol–water partition coefficient (Wildman–Crippen LogP) is 3.24. The normalized spacial score (nSPS) is 27.9. The minimum absolute atomic E-state index is 0.294. The average molecular weight is 230 g/mol. The zero-order valence-electron chi connectivity index (χ0n) is 8.91. The first-order chi connectivity index (χ1) is 7.92. The lowest BCUT2D eigenvalue weighted by Crippen LogP contribution is -1.88. The van der Waals surface area contributed by atoms with Crippen LogP contribution in [0.2, 0.25) is 0 Å². The van der Waals surface area contributed by atoms with Crippen molar-refractivity contribution in [2.45, 2.75) is 11.8 Å². The molecule has 1 fully saturated rings. The van der Waals surface area contributed by atoms with Gasteiger partial charge in [0.1, 0.15) is 0 Å². The molecule has 82 valence electrons. The van der Waals surface area contributed by atoms with Crippen molar-refractivity contribution < 1.29 is 5.11 Å². The molecule has 1 aromatic carbocycles. The molecule has 1 aliphatic carbocycles. The van der Waals surface area contributed by atoms with E-state index in [2.05, 4.69) is 41.8 Å². The Bertz CT molecular complexity index is 449. The third-order valence-electron chi connectivity index (χ3n) is 3.44. The largest absolute Gasteiger partial charge is 0.396 e. The van der Waals surface area contributed by atoms with E-state index in [4.69, 9.17) is 0 Å². The first kappa shape index (κ1) is 10.1. The minimum atomic E-state index is 0.294. The highest BCUT2D eigenvalue weighted by molar-refractivity contribution is 7.10. The molecule has 1 nitrogen and oxygen atoms in total. The van der Waals surface area contributed by atoms with Gasteiger partial charge in [0.15, 0.2) is 0 Å². The molecule has 16 heavy (non-hydrogen) atoms. The fourth-order valence-electron chi connectivity index (χ4n) is 2.60. The molecule has 0 bridgehead atoms. The minimum Gasteiger partial charge on any atom is -0.396 e. The maximum Gasteiger partial charge on any atom is 0.0471 e. The Morgan fingerprint density at radius 2 is 1.81 bits per heavy atom. The Balaban J connectivity index is 1.88. The maximum atomic E-state index is 9.41. The molecule has 3 atom stereocenters. The molecule has 2 aromatic rings. The zero-order chi connectivity index (χ0) is 11.0. The van der Waals surface area contributed by atoms with E-state index in [1.807, 2.05) is 6.07 Å². The smallest absolute Gasteiger partial charge is 0.0471 e. The Morgan fingerprint density at radius 3 is 2.44 bits per heavy atom. The summed E-state index contributed by atoms with van der Waals surface area (Å²) in [7, 11) is 0. The highest BCUT2D eigenvalue weighted by atomic mass is 32.1. The van der Waals surface area contributed by atoms with Gasteiger partial charge in [-0.1, -0.05) is 36.4 Å². The highest BCUT2D eigenvalue weighted by Gasteiger charge is 2.51. The van der Waals surface area contributed by atoms with Crippen LogP contribution >= 0.6 is 11.3 Å². The number of rotatable bonds is 3. The fourth-order valence-corrected chi connectivity index (χ4v) is 3.55. The summed E-state index contributed by atoms with van der Waals surface area (Å²) in [4.78, 5) is 1.41. The second-order valence-electron chi connectivity index (χ2n) is 4.32. The molecule has 0 amide bonds. The number of benzene rings is 1. The van der Waals surface area contributed by atoms with E-state index in [1.54, 1.807) is 11.3 Å². The van der Waals surface area contributed by atoms with Gasteiger partial charge in [-0.3, -0.25) is 0 Å². The summed E-state index contributed by atoms with van der Waals surface area (Å²) < 4.78 is 0. The Kier molecular flexibility index (Phi) is 2.54. The summed E-state index contributed by atoms with van der Waals surface area (Å²) in [5, 5.41) is 11.5. The van der Waals surface area contributed by atoms with Crippen molar-refractivity contribution in [1.29, 1.82) is 0 Å². The lowest BCUT2D eigenvalue weighted by atomic mass is 10.1. The van der Waals surface area contributed by atoms with Crippen LogP contribution in [0.4, 0.5) is 0 Å². The standard InChI is InChI=1S/C14H14OS/c15-9-11-13(10-5-2-1-3-6-10)14(11)12-7-4-8-16-12/h1-8,11,13-15H,9H2/t11-,13+,14-/m1/s1.